The molecular weight excluding hydrogens is 378 g/mol. The molecule has 2 saturated carbocycles. The van der Waals surface area contributed by atoms with Crippen molar-refractivity contribution in [3.63, 3.8) is 0 Å². The van der Waals surface area contributed by atoms with Gasteiger partial charge in [-0.2, -0.15) is 0 Å². The Labute approximate surface area is 177 Å². The van der Waals surface area contributed by atoms with Gasteiger partial charge in [-0.1, -0.05) is 62.8 Å². The van der Waals surface area contributed by atoms with Crippen LogP contribution in [0, 0.1) is 0 Å². The Balaban J connectivity index is 1.68. The molecule has 3 aliphatic rings. The van der Waals surface area contributed by atoms with E-state index in [4.69, 9.17) is 9.31 Å². The fraction of sp³-hybridized carbons (Fsp3) is 0.750. The summed E-state index contributed by atoms with van der Waals surface area (Å²) >= 11 is 0. The van der Waals surface area contributed by atoms with Gasteiger partial charge in [-0.15, -0.1) is 0 Å². The molecule has 29 heavy (non-hydrogen) atoms. The van der Waals surface area contributed by atoms with Crippen LogP contribution in [-0.4, -0.2) is 29.6 Å². The second kappa shape index (κ2) is 8.17. The molecule has 0 bridgehead atoms. The van der Waals surface area contributed by atoms with E-state index >= 15 is 0 Å². The third-order valence-corrected chi connectivity index (χ3v) is 12.3. The van der Waals surface area contributed by atoms with Crippen molar-refractivity contribution >= 4 is 25.0 Å². The minimum absolute atomic E-state index is 0.357. The fourth-order valence-electron chi connectivity index (χ4n) is 5.52. The van der Waals surface area contributed by atoms with E-state index in [9.17, 15) is 4.57 Å². The standard InChI is InChI=1S/C24H38BO3P/c1-23(2)24(3,4)28-25(27-23)19-12-11-17-22(18-19)29(26,20-13-7-5-8-14-20)21-15-9-6-10-16-21/h11-12,17-18,20-21H,5-10,13-16H2,1-4H3. The average Bonchev–Trinajstić information content (AvgIpc) is 2.96. The van der Waals surface area contributed by atoms with E-state index in [1.54, 1.807) is 0 Å². The lowest BCUT2D eigenvalue weighted by Gasteiger charge is -2.38. The number of hydrogen-bond donors (Lipinski definition) is 0. The van der Waals surface area contributed by atoms with E-state index in [0.29, 0.717) is 11.3 Å². The molecule has 1 saturated heterocycles. The monoisotopic (exact) mass is 416 g/mol. The molecule has 0 spiro atoms. The number of benzene rings is 1. The first kappa shape index (κ1) is 21.7. The summed E-state index contributed by atoms with van der Waals surface area (Å²) in [5, 5.41) is 1.09. The Morgan fingerprint density at radius 1 is 0.828 bits per heavy atom. The molecule has 0 radical (unpaired) electrons. The molecular formula is C24H38BO3P. The summed E-state index contributed by atoms with van der Waals surface area (Å²) in [7, 11) is -2.85. The van der Waals surface area contributed by atoms with E-state index in [1.807, 2.05) is 0 Å². The summed E-state index contributed by atoms with van der Waals surface area (Å²) in [6.07, 6.45) is 12.1. The minimum Gasteiger partial charge on any atom is -0.399 e. The van der Waals surface area contributed by atoms with Gasteiger partial charge in [0.25, 0.3) is 0 Å². The van der Waals surface area contributed by atoms with Crippen LogP contribution in [0.15, 0.2) is 24.3 Å². The van der Waals surface area contributed by atoms with Crippen molar-refractivity contribution in [1.82, 2.24) is 0 Å². The first-order chi connectivity index (χ1) is 13.7. The molecule has 1 aliphatic heterocycles. The summed E-state index contributed by atoms with van der Waals surface area (Å²) in [5.41, 5.74) is 1.04. The molecule has 3 fully saturated rings. The Hall–Kier alpha value is -0.565. The van der Waals surface area contributed by atoms with Gasteiger partial charge < -0.3 is 13.9 Å². The third-order valence-electron chi connectivity index (χ3n) is 8.03. The molecule has 0 unspecified atom stereocenters. The zero-order valence-electron chi connectivity index (χ0n) is 18.8. The van der Waals surface area contributed by atoms with Crippen LogP contribution < -0.4 is 10.8 Å². The third kappa shape index (κ3) is 4.02. The highest BCUT2D eigenvalue weighted by Crippen LogP contribution is 2.61. The van der Waals surface area contributed by atoms with Crippen LogP contribution in [0.4, 0.5) is 0 Å². The minimum atomic E-state index is -2.47. The molecule has 0 N–H and O–H groups in total. The SMILES string of the molecule is CC1(C)OB(c2cccc(P(=O)(C3CCCCC3)C3CCCCC3)c2)OC1(C)C. The molecule has 0 amide bonds. The van der Waals surface area contributed by atoms with Crippen LogP contribution in [0.3, 0.4) is 0 Å². The zero-order chi connectivity index (χ0) is 20.7. The van der Waals surface area contributed by atoms with Crippen molar-refractivity contribution in [1.29, 1.82) is 0 Å². The summed E-state index contributed by atoms with van der Waals surface area (Å²) in [6, 6.07) is 8.47. The van der Waals surface area contributed by atoms with Gasteiger partial charge in [-0.3, -0.25) is 0 Å². The highest BCUT2D eigenvalue weighted by molar-refractivity contribution is 7.73. The van der Waals surface area contributed by atoms with Crippen LogP contribution in [0.1, 0.15) is 91.9 Å². The Kier molecular flexibility index (Phi) is 6.10. The molecule has 3 nitrogen and oxygen atoms in total. The Morgan fingerprint density at radius 2 is 1.31 bits per heavy atom. The largest absolute Gasteiger partial charge is 0.494 e. The quantitative estimate of drug-likeness (QED) is 0.471. The lowest BCUT2D eigenvalue weighted by molar-refractivity contribution is 0.00578. The van der Waals surface area contributed by atoms with Gasteiger partial charge in [-0.05, 0) is 58.8 Å². The maximum Gasteiger partial charge on any atom is 0.494 e. The molecule has 2 aliphatic carbocycles. The molecule has 0 atom stereocenters. The van der Waals surface area contributed by atoms with Crippen molar-refractivity contribution in [3.05, 3.63) is 24.3 Å². The van der Waals surface area contributed by atoms with Crippen LogP contribution >= 0.6 is 7.14 Å². The van der Waals surface area contributed by atoms with Crippen LogP contribution in [-0.2, 0) is 13.9 Å². The second-order valence-electron chi connectivity index (χ2n) is 10.5. The molecule has 0 aromatic heterocycles. The molecule has 1 heterocycles. The normalized spacial score (nSPS) is 26.0. The van der Waals surface area contributed by atoms with E-state index in [2.05, 4.69) is 52.0 Å². The van der Waals surface area contributed by atoms with Crippen molar-refractivity contribution in [2.75, 3.05) is 0 Å². The predicted octanol–water partition coefficient (Wildman–Crippen LogP) is 5.64. The van der Waals surface area contributed by atoms with Crippen molar-refractivity contribution in [3.8, 4) is 0 Å². The van der Waals surface area contributed by atoms with Crippen molar-refractivity contribution in [2.45, 2.75) is 114 Å². The van der Waals surface area contributed by atoms with E-state index in [1.165, 1.54) is 38.5 Å². The second-order valence-corrected chi connectivity index (χ2v) is 13.9. The van der Waals surface area contributed by atoms with Crippen molar-refractivity contribution in [2.24, 2.45) is 0 Å². The summed E-state index contributed by atoms with van der Waals surface area (Å²) in [4.78, 5) is 0. The Bertz CT molecular complexity index is 725. The van der Waals surface area contributed by atoms with E-state index in [-0.39, 0.29) is 18.3 Å². The van der Waals surface area contributed by atoms with Gasteiger partial charge in [0.2, 0.25) is 0 Å². The predicted molar refractivity (Wildman–Crippen MR) is 123 cm³/mol. The van der Waals surface area contributed by atoms with Gasteiger partial charge in [0.15, 0.2) is 0 Å². The first-order valence-electron chi connectivity index (χ1n) is 11.8. The molecule has 5 heteroatoms. The zero-order valence-corrected chi connectivity index (χ0v) is 19.7. The highest BCUT2D eigenvalue weighted by Gasteiger charge is 2.52. The number of rotatable bonds is 4. The van der Waals surface area contributed by atoms with Crippen LogP contribution in [0.25, 0.3) is 0 Å². The Morgan fingerprint density at radius 3 is 1.79 bits per heavy atom. The first-order valence-corrected chi connectivity index (χ1v) is 13.6. The van der Waals surface area contributed by atoms with Crippen LogP contribution in [0.2, 0.25) is 0 Å². The van der Waals surface area contributed by atoms with Gasteiger partial charge in [-0.25, -0.2) is 0 Å². The molecule has 4 rings (SSSR count). The number of hydrogen-bond acceptors (Lipinski definition) is 3. The molecule has 160 valence electrons. The summed E-state index contributed by atoms with van der Waals surface area (Å²) in [6.45, 7) is 8.36. The van der Waals surface area contributed by atoms with E-state index < -0.39 is 7.14 Å². The smallest absolute Gasteiger partial charge is 0.399 e. The van der Waals surface area contributed by atoms with Gasteiger partial charge in [0, 0.05) is 16.6 Å². The van der Waals surface area contributed by atoms with Gasteiger partial charge in [0.05, 0.1) is 11.2 Å². The van der Waals surface area contributed by atoms with Gasteiger partial charge >= 0.3 is 7.12 Å². The summed E-state index contributed by atoms with van der Waals surface area (Å²) < 4.78 is 27.5. The lowest BCUT2D eigenvalue weighted by atomic mass is 9.79. The average molecular weight is 416 g/mol. The van der Waals surface area contributed by atoms with Gasteiger partial charge in [0.1, 0.15) is 7.14 Å². The topological polar surface area (TPSA) is 35.5 Å². The molecule has 1 aromatic rings. The molecule has 1 aromatic carbocycles. The summed E-state index contributed by atoms with van der Waals surface area (Å²) in [5.74, 6) is 0. The van der Waals surface area contributed by atoms with E-state index in [0.717, 1.165) is 36.5 Å². The fourth-order valence-corrected chi connectivity index (χ4v) is 9.89. The lowest BCUT2D eigenvalue weighted by Crippen LogP contribution is -2.41. The van der Waals surface area contributed by atoms with Crippen LogP contribution in [0.5, 0.6) is 0 Å². The maximum atomic E-state index is 14.9. The van der Waals surface area contributed by atoms with Crippen molar-refractivity contribution < 1.29 is 13.9 Å². The highest BCUT2D eigenvalue weighted by atomic mass is 31.2. The maximum absolute atomic E-state index is 14.9.